The van der Waals surface area contributed by atoms with Crippen molar-refractivity contribution in [1.82, 2.24) is 0 Å². The predicted molar refractivity (Wildman–Crippen MR) is 74.4 cm³/mol. The molecule has 0 heterocycles. The summed E-state index contributed by atoms with van der Waals surface area (Å²) >= 11 is 0. The normalized spacial score (nSPS) is 21.7. The van der Waals surface area contributed by atoms with Gasteiger partial charge in [0, 0.05) is 0 Å². The van der Waals surface area contributed by atoms with E-state index in [0.717, 1.165) is 0 Å². The molecule has 1 aliphatic rings. The van der Waals surface area contributed by atoms with Crippen molar-refractivity contribution in [2.45, 2.75) is 31.9 Å². The summed E-state index contributed by atoms with van der Waals surface area (Å²) in [5.74, 6) is -3.30. The maximum absolute atomic E-state index is 13.3. The van der Waals surface area contributed by atoms with Crippen molar-refractivity contribution in [3.8, 4) is 5.75 Å². The quantitative estimate of drug-likeness (QED) is 0.462. The molecule has 1 aromatic rings. The predicted octanol–water partition coefficient (Wildman–Crippen LogP) is 4.12. The fraction of sp³-hybridized carbons (Fsp3) is 0.562. The number of para-hydroxylation sites is 1. The highest BCUT2D eigenvalue weighted by atomic mass is 19.4. The average molecular weight is 334 g/mol. The largest absolute Gasteiger partial charge is 0.487 e. The topological polar surface area (TPSA) is 35.5 Å². The van der Waals surface area contributed by atoms with Gasteiger partial charge in [0.15, 0.2) is 11.6 Å². The number of rotatable bonds is 5. The van der Waals surface area contributed by atoms with Crippen LogP contribution in [0.25, 0.3) is 0 Å². The van der Waals surface area contributed by atoms with Crippen molar-refractivity contribution < 1.29 is 31.8 Å². The van der Waals surface area contributed by atoms with E-state index in [0.29, 0.717) is 12.8 Å². The number of esters is 1. The number of ether oxygens (including phenoxy) is 2. The Morgan fingerprint density at radius 2 is 1.91 bits per heavy atom. The van der Waals surface area contributed by atoms with E-state index in [9.17, 15) is 22.4 Å². The molecule has 0 N–H and O–H groups in total. The standard InChI is InChI=1S/C16H18F4O3/c17-13-6-1-2-7-14(13)22-8-9-23-15(21)11-4-3-5-12(10-11)16(18,19)20/h1-2,6-7,11-12H,3-5,8-10H2/t11-,12-/m1/s1. The minimum absolute atomic E-state index is 0.0401. The Morgan fingerprint density at radius 1 is 1.17 bits per heavy atom. The highest BCUT2D eigenvalue weighted by molar-refractivity contribution is 5.72. The fourth-order valence-electron chi connectivity index (χ4n) is 2.67. The Labute approximate surface area is 131 Å². The van der Waals surface area contributed by atoms with Crippen molar-refractivity contribution in [1.29, 1.82) is 0 Å². The zero-order chi connectivity index (χ0) is 16.9. The number of hydrogen-bond donors (Lipinski definition) is 0. The van der Waals surface area contributed by atoms with E-state index in [4.69, 9.17) is 9.47 Å². The van der Waals surface area contributed by atoms with Crippen LogP contribution in [0.4, 0.5) is 17.6 Å². The van der Waals surface area contributed by atoms with Gasteiger partial charge in [-0.2, -0.15) is 13.2 Å². The molecule has 1 fully saturated rings. The van der Waals surface area contributed by atoms with Gasteiger partial charge in [-0.1, -0.05) is 18.6 Å². The van der Waals surface area contributed by atoms with Gasteiger partial charge < -0.3 is 9.47 Å². The molecule has 0 spiro atoms. The number of hydrogen-bond acceptors (Lipinski definition) is 3. The Kier molecular flexibility index (Phi) is 5.85. The van der Waals surface area contributed by atoms with Gasteiger partial charge in [0.1, 0.15) is 13.2 Å². The van der Waals surface area contributed by atoms with Crippen LogP contribution in [0.5, 0.6) is 5.75 Å². The first kappa shape index (κ1) is 17.6. The highest BCUT2D eigenvalue weighted by Crippen LogP contribution is 2.40. The Balaban J connectivity index is 1.73. The lowest BCUT2D eigenvalue weighted by atomic mass is 9.81. The molecule has 0 amide bonds. The van der Waals surface area contributed by atoms with Gasteiger partial charge in [-0.25, -0.2) is 4.39 Å². The molecule has 1 saturated carbocycles. The third-order valence-electron chi connectivity index (χ3n) is 3.89. The molecule has 0 bridgehead atoms. The Bertz CT molecular complexity index is 530. The number of alkyl halides is 3. The molecule has 1 aliphatic carbocycles. The Morgan fingerprint density at radius 3 is 2.61 bits per heavy atom. The van der Waals surface area contributed by atoms with Crippen LogP contribution in [-0.4, -0.2) is 25.4 Å². The summed E-state index contributed by atoms with van der Waals surface area (Å²) in [6.07, 6.45) is -3.68. The molecule has 0 aromatic heterocycles. The van der Waals surface area contributed by atoms with Crippen LogP contribution in [0.2, 0.25) is 0 Å². The van der Waals surface area contributed by atoms with E-state index in [1.54, 1.807) is 6.07 Å². The smallest absolute Gasteiger partial charge is 0.391 e. The van der Waals surface area contributed by atoms with Gasteiger partial charge >= 0.3 is 12.1 Å². The van der Waals surface area contributed by atoms with Crippen molar-refractivity contribution in [3.63, 3.8) is 0 Å². The zero-order valence-corrected chi connectivity index (χ0v) is 12.4. The molecule has 23 heavy (non-hydrogen) atoms. The second-order valence-corrected chi connectivity index (χ2v) is 5.55. The van der Waals surface area contributed by atoms with E-state index in [2.05, 4.69) is 0 Å². The molecule has 1 aromatic carbocycles. The maximum Gasteiger partial charge on any atom is 0.391 e. The van der Waals surface area contributed by atoms with E-state index in [-0.39, 0.29) is 31.8 Å². The summed E-state index contributed by atoms with van der Waals surface area (Å²) < 4.78 is 61.5. The number of carbonyl (C=O) groups is 1. The van der Waals surface area contributed by atoms with Crippen LogP contribution >= 0.6 is 0 Å². The van der Waals surface area contributed by atoms with Crippen molar-refractivity contribution >= 4 is 5.97 Å². The minimum Gasteiger partial charge on any atom is -0.487 e. The van der Waals surface area contributed by atoms with Gasteiger partial charge in [-0.3, -0.25) is 4.79 Å². The molecule has 0 unspecified atom stereocenters. The SMILES string of the molecule is O=C(OCCOc1ccccc1F)[C@@H]1CCC[C@@H](C(F)(F)F)C1. The summed E-state index contributed by atoms with van der Waals surface area (Å²) in [5, 5.41) is 0. The van der Waals surface area contributed by atoms with Crippen LogP contribution in [0, 0.1) is 17.7 Å². The maximum atomic E-state index is 13.3. The molecule has 128 valence electrons. The lowest BCUT2D eigenvalue weighted by molar-refractivity contribution is -0.189. The molecular weight excluding hydrogens is 316 g/mol. The van der Waals surface area contributed by atoms with Crippen molar-refractivity contribution in [3.05, 3.63) is 30.1 Å². The average Bonchev–Trinajstić information content (AvgIpc) is 2.52. The van der Waals surface area contributed by atoms with E-state index >= 15 is 0 Å². The zero-order valence-electron chi connectivity index (χ0n) is 12.4. The molecule has 7 heteroatoms. The molecule has 0 radical (unpaired) electrons. The van der Waals surface area contributed by atoms with Gasteiger partial charge in [0.25, 0.3) is 0 Å². The molecule has 0 aliphatic heterocycles. The highest BCUT2D eigenvalue weighted by Gasteiger charge is 2.43. The van der Waals surface area contributed by atoms with E-state index < -0.39 is 29.8 Å². The molecule has 3 nitrogen and oxygen atoms in total. The summed E-state index contributed by atoms with van der Waals surface area (Å²) in [5.41, 5.74) is 0. The van der Waals surface area contributed by atoms with Gasteiger partial charge in [0.2, 0.25) is 0 Å². The number of benzene rings is 1. The third kappa shape index (κ3) is 5.11. The van der Waals surface area contributed by atoms with Gasteiger partial charge in [-0.15, -0.1) is 0 Å². The van der Waals surface area contributed by atoms with Crippen LogP contribution in [-0.2, 0) is 9.53 Å². The molecule has 2 rings (SSSR count). The first-order chi connectivity index (χ1) is 10.9. The molecule has 2 atom stereocenters. The second-order valence-electron chi connectivity index (χ2n) is 5.55. The number of carbonyl (C=O) groups excluding carboxylic acids is 1. The first-order valence-electron chi connectivity index (χ1n) is 7.48. The lowest BCUT2D eigenvalue weighted by Crippen LogP contribution is -2.33. The van der Waals surface area contributed by atoms with Crippen LogP contribution in [0.3, 0.4) is 0 Å². The lowest BCUT2D eigenvalue weighted by Gasteiger charge is -2.29. The van der Waals surface area contributed by atoms with Crippen molar-refractivity contribution in [2.24, 2.45) is 11.8 Å². The van der Waals surface area contributed by atoms with E-state index in [1.807, 2.05) is 0 Å². The summed E-state index contributed by atoms with van der Waals surface area (Å²) in [7, 11) is 0. The molecular formula is C16H18F4O3. The van der Waals surface area contributed by atoms with E-state index in [1.165, 1.54) is 18.2 Å². The first-order valence-corrected chi connectivity index (χ1v) is 7.48. The van der Waals surface area contributed by atoms with Crippen LogP contribution < -0.4 is 4.74 Å². The fourth-order valence-corrected chi connectivity index (χ4v) is 2.67. The van der Waals surface area contributed by atoms with Crippen LogP contribution in [0.15, 0.2) is 24.3 Å². The van der Waals surface area contributed by atoms with Crippen LogP contribution in [0.1, 0.15) is 25.7 Å². The summed E-state index contributed by atoms with van der Waals surface area (Å²) in [4.78, 5) is 11.8. The van der Waals surface area contributed by atoms with Crippen molar-refractivity contribution in [2.75, 3.05) is 13.2 Å². The molecule has 0 saturated heterocycles. The summed E-state index contributed by atoms with van der Waals surface area (Å²) in [6.45, 7) is -0.178. The third-order valence-corrected chi connectivity index (χ3v) is 3.89. The monoisotopic (exact) mass is 334 g/mol. The van der Waals surface area contributed by atoms with Gasteiger partial charge in [0.05, 0.1) is 11.8 Å². The van der Waals surface area contributed by atoms with Gasteiger partial charge in [-0.05, 0) is 31.4 Å². The number of halogens is 4. The minimum atomic E-state index is -4.27. The Hall–Kier alpha value is -1.79. The summed E-state index contributed by atoms with van der Waals surface area (Å²) in [6, 6.07) is 5.79. The second kappa shape index (κ2) is 7.66.